The summed E-state index contributed by atoms with van der Waals surface area (Å²) >= 11 is 0. The Balaban J connectivity index is 2.20. The number of hydrogen-bond donors (Lipinski definition) is 2. The molecule has 0 aliphatic carbocycles. The molecule has 0 aliphatic rings. The molecule has 2 aromatic rings. The Morgan fingerprint density at radius 3 is 2.38 bits per heavy atom. The van der Waals surface area contributed by atoms with E-state index in [1.54, 1.807) is 6.92 Å². The normalized spacial score (nSPS) is 13.7. The Morgan fingerprint density at radius 2 is 1.81 bits per heavy atom. The number of hydrogen-bond acceptors (Lipinski definition) is 3. The molecule has 1 amide bonds. The average Bonchev–Trinajstić information content (AvgIpc) is 2.45. The smallest absolute Gasteiger partial charge is 0.239 e. The number of pyridine rings is 1. The molecule has 0 saturated carbocycles. The standard InChI is InChI=1S/C15H15F2N3O/c1-9(11-6-13(17)8-19-7-11)20-14(15(18)21)10-2-4-12(16)5-3-10/h2-9,14,20H,1H3,(H2,18,21)/t9-,14-/m0/s1. The van der Waals surface area contributed by atoms with Crippen molar-refractivity contribution in [2.24, 2.45) is 5.73 Å². The summed E-state index contributed by atoms with van der Waals surface area (Å²) in [6.45, 7) is 1.76. The van der Waals surface area contributed by atoms with E-state index in [1.165, 1.54) is 36.5 Å². The van der Waals surface area contributed by atoms with E-state index in [9.17, 15) is 13.6 Å². The van der Waals surface area contributed by atoms with Crippen LogP contribution in [0.3, 0.4) is 0 Å². The van der Waals surface area contributed by atoms with Crippen molar-refractivity contribution in [1.29, 1.82) is 0 Å². The average molecular weight is 291 g/mol. The van der Waals surface area contributed by atoms with Gasteiger partial charge in [-0.05, 0) is 36.2 Å². The van der Waals surface area contributed by atoms with Crippen molar-refractivity contribution in [3.63, 3.8) is 0 Å². The molecule has 0 bridgehead atoms. The van der Waals surface area contributed by atoms with E-state index in [4.69, 9.17) is 5.73 Å². The van der Waals surface area contributed by atoms with Gasteiger partial charge in [0.25, 0.3) is 0 Å². The van der Waals surface area contributed by atoms with Gasteiger partial charge in [0.05, 0.1) is 6.20 Å². The first-order chi connectivity index (χ1) is 9.97. The van der Waals surface area contributed by atoms with Crippen LogP contribution in [-0.2, 0) is 4.79 Å². The maximum atomic E-state index is 13.2. The third-order valence-electron chi connectivity index (χ3n) is 3.13. The minimum atomic E-state index is -0.802. The van der Waals surface area contributed by atoms with Crippen LogP contribution in [0.2, 0.25) is 0 Å². The first-order valence-electron chi connectivity index (χ1n) is 6.38. The fourth-order valence-electron chi connectivity index (χ4n) is 2.01. The van der Waals surface area contributed by atoms with Gasteiger partial charge in [-0.2, -0.15) is 0 Å². The second-order valence-corrected chi connectivity index (χ2v) is 4.71. The number of carbonyl (C=O) groups is 1. The van der Waals surface area contributed by atoms with Gasteiger partial charge in [0.2, 0.25) is 5.91 Å². The Morgan fingerprint density at radius 1 is 1.14 bits per heavy atom. The van der Waals surface area contributed by atoms with E-state index in [1.807, 2.05) is 0 Å². The zero-order valence-corrected chi connectivity index (χ0v) is 11.4. The van der Waals surface area contributed by atoms with Crippen molar-refractivity contribution in [2.45, 2.75) is 19.0 Å². The largest absolute Gasteiger partial charge is 0.368 e. The molecule has 0 aliphatic heterocycles. The lowest BCUT2D eigenvalue weighted by Crippen LogP contribution is -2.35. The maximum Gasteiger partial charge on any atom is 0.239 e. The lowest BCUT2D eigenvalue weighted by molar-refractivity contribution is -0.120. The molecule has 0 unspecified atom stereocenters. The number of primary amides is 1. The highest BCUT2D eigenvalue weighted by molar-refractivity contribution is 5.81. The number of aromatic nitrogens is 1. The highest BCUT2D eigenvalue weighted by Crippen LogP contribution is 2.20. The van der Waals surface area contributed by atoms with E-state index >= 15 is 0 Å². The summed E-state index contributed by atoms with van der Waals surface area (Å²) in [6, 6.07) is 5.64. The summed E-state index contributed by atoms with van der Waals surface area (Å²) in [6.07, 6.45) is 2.60. The van der Waals surface area contributed by atoms with Crippen LogP contribution < -0.4 is 11.1 Å². The number of nitrogens with one attached hydrogen (secondary N) is 1. The van der Waals surface area contributed by atoms with Gasteiger partial charge in [-0.1, -0.05) is 12.1 Å². The van der Waals surface area contributed by atoms with Crippen molar-refractivity contribution >= 4 is 5.91 Å². The second kappa shape index (κ2) is 6.41. The molecular weight excluding hydrogens is 276 g/mol. The highest BCUT2D eigenvalue weighted by Gasteiger charge is 2.21. The van der Waals surface area contributed by atoms with E-state index in [0.29, 0.717) is 11.1 Å². The molecule has 3 N–H and O–H groups in total. The zero-order valence-electron chi connectivity index (χ0n) is 11.4. The van der Waals surface area contributed by atoms with Gasteiger partial charge in [0.15, 0.2) is 0 Å². The van der Waals surface area contributed by atoms with Gasteiger partial charge in [-0.25, -0.2) is 8.78 Å². The predicted octanol–water partition coefficient (Wildman–Crippen LogP) is 2.24. The summed E-state index contributed by atoms with van der Waals surface area (Å²) < 4.78 is 26.1. The number of carbonyl (C=O) groups excluding carboxylic acids is 1. The molecule has 6 heteroatoms. The van der Waals surface area contributed by atoms with Gasteiger partial charge < -0.3 is 5.73 Å². The Labute approximate surface area is 121 Å². The Bertz CT molecular complexity index is 631. The van der Waals surface area contributed by atoms with Gasteiger partial charge in [-0.3, -0.25) is 15.1 Å². The third-order valence-corrected chi connectivity index (χ3v) is 3.13. The summed E-state index contributed by atoms with van der Waals surface area (Å²) in [5.41, 5.74) is 6.51. The first kappa shape index (κ1) is 15.1. The van der Waals surface area contributed by atoms with E-state index in [2.05, 4.69) is 10.3 Å². The van der Waals surface area contributed by atoms with Crippen molar-refractivity contribution < 1.29 is 13.6 Å². The molecule has 0 fully saturated rings. The summed E-state index contributed by atoms with van der Waals surface area (Å²) in [7, 11) is 0. The Kier molecular flexibility index (Phi) is 4.59. The van der Waals surface area contributed by atoms with Crippen molar-refractivity contribution in [3.05, 3.63) is 65.5 Å². The van der Waals surface area contributed by atoms with Crippen LogP contribution in [0, 0.1) is 11.6 Å². The van der Waals surface area contributed by atoms with Crippen LogP contribution in [0.25, 0.3) is 0 Å². The minimum Gasteiger partial charge on any atom is -0.368 e. The molecule has 1 heterocycles. The molecule has 4 nitrogen and oxygen atoms in total. The first-order valence-corrected chi connectivity index (χ1v) is 6.38. The van der Waals surface area contributed by atoms with E-state index < -0.39 is 23.6 Å². The fourth-order valence-corrected chi connectivity index (χ4v) is 2.01. The molecule has 2 atom stereocenters. The second-order valence-electron chi connectivity index (χ2n) is 4.71. The number of amides is 1. The van der Waals surface area contributed by atoms with Crippen LogP contribution in [0.1, 0.15) is 30.1 Å². The molecule has 110 valence electrons. The maximum absolute atomic E-state index is 13.2. The minimum absolute atomic E-state index is 0.351. The van der Waals surface area contributed by atoms with Crippen LogP contribution in [0.15, 0.2) is 42.7 Å². The summed E-state index contributed by atoms with van der Waals surface area (Å²) in [4.78, 5) is 15.4. The number of nitrogens with zero attached hydrogens (tertiary/aromatic N) is 1. The van der Waals surface area contributed by atoms with Gasteiger partial charge >= 0.3 is 0 Å². The Hall–Kier alpha value is -2.34. The molecule has 0 saturated heterocycles. The van der Waals surface area contributed by atoms with Crippen molar-refractivity contribution in [2.75, 3.05) is 0 Å². The van der Waals surface area contributed by atoms with E-state index in [-0.39, 0.29) is 6.04 Å². The number of halogens is 2. The van der Waals surface area contributed by atoms with Crippen LogP contribution in [0.5, 0.6) is 0 Å². The molecule has 0 radical (unpaired) electrons. The van der Waals surface area contributed by atoms with Crippen molar-refractivity contribution in [1.82, 2.24) is 10.3 Å². The summed E-state index contributed by atoms with van der Waals surface area (Å²) in [5, 5.41) is 2.99. The number of rotatable bonds is 5. The zero-order chi connectivity index (χ0) is 15.4. The fraction of sp³-hybridized carbons (Fsp3) is 0.200. The molecule has 2 rings (SSSR count). The molecule has 1 aromatic carbocycles. The summed E-state index contributed by atoms with van der Waals surface area (Å²) in [5.74, 6) is -1.46. The predicted molar refractivity (Wildman–Crippen MR) is 74.1 cm³/mol. The lowest BCUT2D eigenvalue weighted by atomic mass is 10.0. The van der Waals surface area contributed by atoms with Crippen molar-refractivity contribution in [3.8, 4) is 0 Å². The van der Waals surface area contributed by atoms with Crippen LogP contribution >= 0.6 is 0 Å². The number of nitrogens with two attached hydrogens (primary N) is 1. The molecule has 0 spiro atoms. The lowest BCUT2D eigenvalue weighted by Gasteiger charge is -2.21. The number of benzene rings is 1. The van der Waals surface area contributed by atoms with Gasteiger partial charge in [0, 0.05) is 12.2 Å². The van der Waals surface area contributed by atoms with Gasteiger partial charge in [0.1, 0.15) is 17.7 Å². The molecule has 1 aromatic heterocycles. The monoisotopic (exact) mass is 291 g/mol. The van der Waals surface area contributed by atoms with Crippen LogP contribution in [0.4, 0.5) is 8.78 Å². The quantitative estimate of drug-likeness (QED) is 0.887. The molecular formula is C15H15F2N3O. The molecule has 21 heavy (non-hydrogen) atoms. The van der Waals surface area contributed by atoms with E-state index in [0.717, 1.165) is 6.20 Å². The third kappa shape index (κ3) is 3.82. The van der Waals surface area contributed by atoms with Gasteiger partial charge in [-0.15, -0.1) is 0 Å². The topological polar surface area (TPSA) is 68.0 Å². The highest BCUT2D eigenvalue weighted by atomic mass is 19.1. The van der Waals surface area contributed by atoms with Crippen LogP contribution in [-0.4, -0.2) is 10.9 Å². The SMILES string of the molecule is C[C@H](N[C@H](C(N)=O)c1ccc(F)cc1)c1cncc(F)c1.